The quantitative estimate of drug-likeness (QED) is 0.667. The van der Waals surface area contributed by atoms with Crippen LogP contribution in [0.15, 0.2) is 42.5 Å². The van der Waals surface area contributed by atoms with Crippen LogP contribution in [-0.4, -0.2) is 19.6 Å². The summed E-state index contributed by atoms with van der Waals surface area (Å²) in [7, 11) is 1.52. The van der Waals surface area contributed by atoms with E-state index in [1.807, 2.05) is 13.8 Å². The third-order valence-corrected chi connectivity index (χ3v) is 3.88. The van der Waals surface area contributed by atoms with Crippen LogP contribution in [0.3, 0.4) is 0 Å². The summed E-state index contributed by atoms with van der Waals surface area (Å²) in [5.74, 6) is -0.775. The van der Waals surface area contributed by atoms with Crippen molar-refractivity contribution in [1.82, 2.24) is 5.32 Å². The van der Waals surface area contributed by atoms with Crippen molar-refractivity contribution < 1.29 is 23.0 Å². The van der Waals surface area contributed by atoms with Crippen LogP contribution in [0.1, 0.15) is 31.0 Å². The maximum Gasteiger partial charge on any atom is 0.245 e. The number of amides is 1. The Hall–Kier alpha value is -3.40. The molecule has 0 saturated carbocycles. The second-order valence-electron chi connectivity index (χ2n) is 6.69. The molecule has 0 bridgehead atoms. The number of halogens is 2. The van der Waals surface area contributed by atoms with E-state index in [1.165, 1.54) is 19.3 Å². The highest BCUT2D eigenvalue weighted by Gasteiger charge is 2.17. The summed E-state index contributed by atoms with van der Waals surface area (Å²) in [4.78, 5) is 12.1. The number of carbonyl (C=O) groups excluding carboxylic acids is 1. The number of hydrogen-bond acceptors (Lipinski definition) is 4. The van der Waals surface area contributed by atoms with Gasteiger partial charge in [0, 0.05) is 17.7 Å². The van der Waals surface area contributed by atoms with Crippen LogP contribution in [0.25, 0.3) is 6.08 Å². The Labute approximate surface area is 168 Å². The molecule has 1 unspecified atom stereocenters. The Morgan fingerprint density at radius 1 is 1.21 bits per heavy atom. The minimum Gasteiger partial charge on any atom is -0.493 e. The van der Waals surface area contributed by atoms with Crippen molar-refractivity contribution in [2.24, 2.45) is 5.92 Å². The van der Waals surface area contributed by atoms with Gasteiger partial charge in [-0.15, -0.1) is 0 Å². The van der Waals surface area contributed by atoms with E-state index in [1.54, 1.807) is 24.3 Å². The van der Waals surface area contributed by atoms with E-state index in [0.29, 0.717) is 35.7 Å². The Balaban J connectivity index is 2.08. The molecule has 29 heavy (non-hydrogen) atoms. The largest absolute Gasteiger partial charge is 0.493 e. The van der Waals surface area contributed by atoms with Gasteiger partial charge in [0.1, 0.15) is 17.7 Å². The summed E-state index contributed by atoms with van der Waals surface area (Å²) in [5.41, 5.74) is 0.569. The Morgan fingerprint density at radius 2 is 1.97 bits per heavy atom. The summed E-state index contributed by atoms with van der Waals surface area (Å²) in [6.07, 6.45) is 2.74. The summed E-state index contributed by atoms with van der Waals surface area (Å²) < 4.78 is 37.9. The highest BCUT2D eigenvalue weighted by molar-refractivity contribution is 5.92. The van der Waals surface area contributed by atoms with Crippen molar-refractivity contribution in [3.05, 3.63) is 65.2 Å². The van der Waals surface area contributed by atoms with E-state index < -0.39 is 23.6 Å². The molecular weight excluding hydrogens is 378 g/mol. The number of benzene rings is 2. The highest BCUT2D eigenvalue weighted by Crippen LogP contribution is 2.29. The van der Waals surface area contributed by atoms with Gasteiger partial charge in [-0.2, -0.15) is 5.26 Å². The van der Waals surface area contributed by atoms with Gasteiger partial charge in [-0.1, -0.05) is 26.0 Å². The molecule has 2 rings (SSSR count). The van der Waals surface area contributed by atoms with Gasteiger partial charge < -0.3 is 14.8 Å². The number of rotatable bonds is 8. The summed E-state index contributed by atoms with van der Waals surface area (Å²) in [6.45, 7) is 4.62. The average molecular weight is 400 g/mol. The van der Waals surface area contributed by atoms with Gasteiger partial charge in [-0.25, -0.2) is 8.78 Å². The van der Waals surface area contributed by atoms with Gasteiger partial charge in [0.2, 0.25) is 5.91 Å². The normalized spacial score (nSPS) is 11.9. The maximum absolute atomic E-state index is 13.8. The third kappa shape index (κ3) is 6.32. The van der Waals surface area contributed by atoms with Gasteiger partial charge >= 0.3 is 0 Å². The number of ether oxygens (including phenoxy) is 2. The lowest BCUT2D eigenvalue weighted by Gasteiger charge is -2.13. The van der Waals surface area contributed by atoms with E-state index in [9.17, 15) is 18.8 Å². The van der Waals surface area contributed by atoms with Crippen molar-refractivity contribution >= 4 is 12.0 Å². The predicted octanol–water partition coefficient (Wildman–Crippen LogP) is 4.40. The van der Waals surface area contributed by atoms with Gasteiger partial charge in [0.05, 0.1) is 19.8 Å². The molecule has 2 aromatic carbocycles. The van der Waals surface area contributed by atoms with E-state index in [2.05, 4.69) is 5.32 Å². The number of nitrogens with zero attached hydrogens (tertiary/aromatic N) is 1. The molecule has 1 N–H and O–H groups in total. The summed E-state index contributed by atoms with van der Waals surface area (Å²) in [6, 6.07) is 8.57. The van der Waals surface area contributed by atoms with Crippen LogP contribution < -0.4 is 14.8 Å². The number of carbonyl (C=O) groups is 1. The number of nitriles is 1. The van der Waals surface area contributed by atoms with Crippen LogP contribution in [0.2, 0.25) is 0 Å². The fourth-order valence-corrected chi connectivity index (χ4v) is 2.44. The molecule has 0 aromatic heterocycles. The number of nitrogens with one attached hydrogen (secondary N) is 1. The van der Waals surface area contributed by atoms with Crippen molar-refractivity contribution in [3.8, 4) is 17.6 Å². The Kier molecular flexibility index (Phi) is 7.72. The van der Waals surface area contributed by atoms with Crippen LogP contribution >= 0.6 is 0 Å². The first-order valence-corrected chi connectivity index (χ1v) is 8.98. The molecule has 0 spiro atoms. The zero-order valence-electron chi connectivity index (χ0n) is 16.4. The molecule has 0 aliphatic heterocycles. The van der Waals surface area contributed by atoms with E-state index >= 15 is 0 Å². The highest BCUT2D eigenvalue weighted by atomic mass is 19.1. The second-order valence-corrected chi connectivity index (χ2v) is 6.69. The van der Waals surface area contributed by atoms with Gasteiger partial charge in [-0.05, 0) is 35.8 Å². The SMILES string of the molecule is COc1cc(/C=C/C(=O)NC(C#N)c2ccc(F)cc2F)ccc1OCC(C)C. The number of methoxy groups -OCH3 is 1. The zero-order chi connectivity index (χ0) is 21.4. The van der Waals surface area contributed by atoms with E-state index in [-0.39, 0.29) is 5.56 Å². The van der Waals surface area contributed by atoms with Crippen molar-refractivity contribution in [1.29, 1.82) is 5.26 Å². The third-order valence-electron chi connectivity index (χ3n) is 3.88. The molecule has 0 fully saturated rings. The fraction of sp³-hybridized carbons (Fsp3) is 0.273. The standard InChI is InChI=1S/C22H22F2N2O3/c1-14(2)13-29-20-8-4-15(10-21(20)28-3)5-9-22(27)26-19(12-25)17-7-6-16(23)11-18(17)24/h4-11,14,19H,13H2,1-3H3,(H,26,27)/b9-5+. The topological polar surface area (TPSA) is 71.3 Å². The first-order chi connectivity index (χ1) is 13.8. The van der Waals surface area contributed by atoms with Crippen LogP contribution in [0, 0.1) is 28.9 Å². The lowest BCUT2D eigenvalue weighted by atomic mass is 10.1. The van der Waals surface area contributed by atoms with Crippen molar-refractivity contribution in [3.63, 3.8) is 0 Å². The predicted molar refractivity (Wildman–Crippen MR) is 105 cm³/mol. The number of hydrogen-bond donors (Lipinski definition) is 1. The van der Waals surface area contributed by atoms with Crippen LogP contribution in [0.4, 0.5) is 8.78 Å². The maximum atomic E-state index is 13.8. The average Bonchev–Trinajstić information content (AvgIpc) is 2.69. The van der Waals surface area contributed by atoms with Crippen molar-refractivity contribution in [2.45, 2.75) is 19.9 Å². The monoisotopic (exact) mass is 400 g/mol. The summed E-state index contributed by atoms with van der Waals surface area (Å²) >= 11 is 0. The lowest BCUT2D eigenvalue weighted by Crippen LogP contribution is -2.26. The first kappa shape index (κ1) is 21.9. The van der Waals surface area contributed by atoms with E-state index in [0.717, 1.165) is 12.1 Å². The molecular formula is C22H22F2N2O3. The Morgan fingerprint density at radius 3 is 2.59 bits per heavy atom. The molecule has 0 radical (unpaired) electrons. The zero-order valence-corrected chi connectivity index (χ0v) is 16.4. The van der Waals surface area contributed by atoms with Gasteiger partial charge in [0.25, 0.3) is 0 Å². The minimum atomic E-state index is -1.24. The molecule has 5 nitrogen and oxygen atoms in total. The molecule has 1 amide bonds. The van der Waals surface area contributed by atoms with Crippen LogP contribution in [-0.2, 0) is 4.79 Å². The molecule has 1 atom stereocenters. The molecule has 0 aliphatic carbocycles. The fourth-order valence-electron chi connectivity index (χ4n) is 2.44. The van der Waals surface area contributed by atoms with Gasteiger partial charge in [-0.3, -0.25) is 4.79 Å². The lowest BCUT2D eigenvalue weighted by molar-refractivity contribution is -0.116. The molecule has 0 aliphatic rings. The second kappa shape index (κ2) is 10.2. The van der Waals surface area contributed by atoms with Gasteiger partial charge in [0.15, 0.2) is 11.5 Å². The molecule has 2 aromatic rings. The minimum absolute atomic E-state index is 0.107. The van der Waals surface area contributed by atoms with E-state index in [4.69, 9.17) is 9.47 Å². The van der Waals surface area contributed by atoms with Crippen molar-refractivity contribution in [2.75, 3.05) is 13.7 Å². The first-order valence-electron chi connectivity index (χ1n) is 8.98. The molecule has 0 heterocycles. The Bertz CT molecular complexity index is 936. The molecule has 152 valence electrons. The summed E-state index contributed by atoms with van der Waals surface area (Å²) in [5, 5.41) is 11.6. The van der Waals surface area contributed by atoms with Crippen LogP contribution in [0.5, 0.6) is 11.5 Å². The molecule has 7 heteroatoms. The molecule has 0 saturated heterocycles. The smallest absolute Gasteiger partial charge is 0.245 e.